The summed E-state index contributed by atoms with van der Waals surface area (Å²) < 4.78 is 5.41. The van der Waals surface area contributed by atoms with Crippen LogP contribution in [0, 0.1) is 11.3 Å². The molecule has 1 atom stereocenters. The Morgan fingerprint density at radius 2 is 2.32 bits per heavy atom. The fraction of sp³-hybridized carbons (Fsp3) is 0.333. The first-order chi connectivity index (χ1) is 10.6. The van der Waals surface area contributed by atoms with E-state index in [0.717, 1.165) is 19.4 Å². The van der Waals surface area contributed by atoms with Crippen LogP contribution in [0.1, 0.15) is 12.8 Å². The Morgan fingerprint density at radius 3 is 3.00 bits per heavy atom. The lowest BCUT2D eigenvalue weighted by Gasteiger charge is -2.10. The topological polar surface area (TPSA) is 74.2 Å². The molecule has 1 unspecified atom stereocenters. The second-order valence-corrected chi connectivity index (χ2v) is 5.63. The quantitative estimate of drug-likeness (QED) is 0.638. The van der Waals surface area contributed by atoms with E-state index in [1.165, 1.54) is 6.20 Å². The van der Waals surface area contributed by atoms with Crippen LogP contribution in [-0.4, -0.2) is 25.2 Å². The number of hydrogen-bond acceptors (Lipinski definition) is 4. The van der Waals surface area contributed by atoms with E-state index < -0.39 is 5.91 Å². The van der Waals surface area contributed by atoms with Crippen LogP contribution >= 0.6 is 23.2 Å². The molecule has 2 rings (SSSR count). The first kappa shape index (κ1) is 16.6. The van der Waals surface area contributed by atoms with Crippen molar-refractivity contribution in [2.75, 3.05) is 18.5 Å². The zero-order valence-corrected chi connectivity index (χ0v) is 13.2. The van der Waals surface area contributed by atoms with Gasteiger partial charge >= 0.3 is 0 Å². The Hall–Kier alpha value is -1.74. The molecule has 1 aromatic carbocycles. The number of carbonyl (C=O) groups is 1. The molecule has 2 N–H and O–H groups in total. The van der Waals surface area contributed by atoms with Gasteiger partial charge in [-0.15, -0.1) is 0 Å². The van der Waals surface area contributed by atoms with Gasteiger partial charge in [0.2, 0.25) is 0 Å². The van der Waals surface area contributed by atoms with Crippen LogP contribution in [0.25, 0.3) is 0 Å². The van der Waals surface area contributed by atoms with E-state index in [2.05, 4.69) is 10.6 Å². The number of amides is 1. The maximum Gasteiger partial charge on any atom is 0.263 e. The van der Waals surface area contributed by atoms with Gasteiger partial charge in [0.1, 0.15) is 11.6 Å². The zero-order valence-electron chi connectivity index (χ0n) is 11.7. The molecule has 5 nitrogen and oxygen atoms in total. The summed E-state index contributed by atoms with van der Waals surface area (Å²) in [6, 6.07) is 6.74. The number of nitriles is 1. The van der Waals surface area contributed by atoms with Gasteiger partial charge in [0.15, 0.2) is 0 Å². The number of anilines is 1. The summed E-state index contributed by atoms with van der Waals surface area (Å²) in [7, 11) is 0. The van der Waals surface area contributed by atoms with Crippen molar-refractivity contribution in [1.82, 2.24) is 5.32 Å². The lowest BCUT2D eigenvalue weighted by molar-refractivity contribution is -0.117. The SMILES string of the molecule is N#C/C(=C/Nc1cc(Cl)ccc1Cl)C(=O)NCC1CCCO1. The molecule has 7 heteroatoms. The molecule has 1 aliphatic rings. The largest absolute Gasteiger partial charge is 0.376 e. The summed E-state index contributed by atoms with van der Waals surface area (Å²) in [5, 5.41) is 15.5. The number of halogens is 2. The summed E-state index contributed by atoms with van der Waals surface area (Å²) in [5.74, 6) is -0.455. The molecule has 1 aromatic rings. The van der Waals surface area contributed by atoms with Gasteiger partial charge in [0.05, 0.1) is 16.8 Å². The van der Waals surface area contributed by atoms with Crippen molar-refractivity contribution in [2.45, 2.75) is 18.9 Å². The van der Waals surface area contributed by atoms with Gasteiger partial charge in [0.25, 0.3) is 5.91 Å². The first-order valence-corrected chi connectivity index (χ1v) is 7.57. The monoisotopic (exact) mass is 339 g/mol. The summed E-state index contributed by atoms with van der Waals surface area (Å²) in [6.45, 7) is 1.12. The Kier molecular flexibility index (Phi) is 6.08. The second-order valence-electron chi connectivity index (χ2n) is 4.78. The molecule has 0 saturated carbocycles. The number of carbonyl (C=O) groups excluding carboxylic acids is 1. The normalized spacial score (nSPS) is 17.9. The molecule has 22 heavy (non-hydrogen) atoms. The van der Waals surface area contributed by atoms with Gasteiger partial charge in [-0.3, -0.25) is 4.79 Å². The van der Waals surface area contributed by atoms with Crippen molar-refractivity contribution in [3.05, 3.63) is 40.0 Å². The van der Waals surface area contributed by atoms with Crippen LogP contribution in [0.5, 0.6) is 0 Å². The molecule has 0 aromatic heterocycles. The van der Waals surface area contributed by atoms with E-state index >= 15 is 0 Å². The lowest BCUT2D eigenvalue weighted by atomic mass is 10.2. The number of benzene rings is 1. The van der Waals surface area contributed by atoms with E-state index in [1.54, 1.807) is 18.2 Å². The van der Waals surface area contributed by atoms with Gasteiger partial charge < -0.3 is 15.4 Å². The average molecular weight is 340 g/mol. The van der Waals surface area contributed by atoms with Crippen molar-refractivity contribution in [3.8, 4) is 6.07 Å². The van der Waals surface area contributed by atoms with Crippen molar-refractivity contribution in [1.29, 1.82) is 5.26 Å². The third-order valence-corrected chi connectivity index (χ3v) is 3.74. The molecule has 1 heterocycles. The number of nitrogens with one attached hydrogen (secondary N) is 2. The predicted molar refractivity (Wildman–Crippen MR) is 85.8 cm³/mol. The molecule has 0 spiro atoms. The highest BCUT2D eigenvalue weighted by Crippen LogP contribution is 2.25. The van der Waals surface area contributed by atoms with Crippen molar-refractivity contribution >= 4 is 34.8 Å². The van der Waals surface area contributed by atoms with Gasteiger partial charge in [-0.2, -0.15) is 5.26 Å². The van der Waals surface area contributed by atoms with Gasteiger partial charge in [-0.1, -0.05) is 23.2 Å². The average Bonchev–Trinajstić information content (AvgIpc) is 3.02. The highest BCUT2D eigenvalue weighted by molar-refractivity contribution is 6.35. The second kappa shape index (κ2) is 8.04. The van der Waals surface area contributed by atoms with Crippen LogP contribution in [0.2, 0.25) is 10.0 Å². The fourth-order valence-electron chi connectivity index (χ4n) is 2.01. The Morgan fingerprint density at radius 1 is 1.50 bits per heavy atom. The van der Waals surface area contributed by atoms with Gasteiger partial charge in [-0.05, 0) is 31.0 Å². The zero-order chi connectivity index (χ0) is 15.9. The minimum Gasteiger partial charge on any atom is -0.376 e. The highest BCUT2D eigenvalue weighted by atomic mass is 35.5. The summed E-state index contributed by atoms with van der Waals surface area (Å²) in [4.78, 5) is 11.9. The van der Waals surface area contributed by atoms with Crippen molar-refractivity contribution in [2.24, 2.45) is 0 Å². The molecule has 116 valence electrons. The molecule has 1 amide bonds. The number of ether oxygens (including phenoxy) is 1. The summed E-state index contributed by atoms with van der Waals surface area (Å²) in [5.41, 5.74) is 0.475. The smallest absolute Gasteiger partial charge is 0.263 e. The fourth-order valence-corrected chi connectivity index (χ4v) is 2.36. The van der Waals surface area contributed by atoms with E-state index in [4.69, 9.17) is 33.2 Å². The van der Waals surface area contributed by atoms with Crippen LogP contribution in [0.4, 0.5) is 5.69 Å². The van der Waals surface area contributed by atoms with Crippen LogP contribution in [0.3, 0.4) is 0 Å². The van der Waals surface area contributed by atoms with E-state index in [0.29, 0.717) is 22.3 Å². The minimum atomic E-state index is -0.455. The van der Waals surface area contributed by atoms with Crippen LogP contribution in [-0.2, 0) is 9.53 Å². The van der Waals surface area contributed by atoms with E-state index in [1.807, 2.05) is 6.07 Å². The third-order valence-electron chi connectivity index (χ3n) is 3.18. The number of rotatable bonds is 5. The van der Waals surface area contributed by atoms with Crippen molar-refractivity contribution in [3.63, 3.8) is 0 Å². The predicted octanol–water partition coefficient (Wildman–Crippen LogP) is 3.11. The van der Waals surface area contributed by atoms with Gasteiger partial charge in [-0.25, -0.2) is 0 Å². The molecular formula is C15H15Cl2N3O2. The van der Waals surface area contributed by atoms with E-state index in [9.17, 15) is 4.79 Å². The Labute approximate surface area is 138 Å². The molecule has 0 bridgehead atoms. The lowest BCUT2D eigenvalue weighted by Crippen LogP contribution is -2.32. The molecular weight excluding hydrogens is 325 g/mol. The maximum atomic E-state index is 11.9. The minimum absolute atomic E-state index is 0.0271. The van der Waals surface area contributed by atoms with Gasteiger partial charge in [0, 0.05) is 24.4 Å². The van der Waals surface area contributed by atoms with Crippen molar-refractivity contribution < 1.29 is 9.53 Å². The summed E-state index contributed by atoms with van der Waals surface area (Å²) >= 11 is 11.9. The first-order valence-electron chi connectivity index (χ1n) is 6.82. The number of hydrogen-bond donors (Lipinski definition) is 2. The van der Waals surface area contributed by atoms with E-state index in [-0.39, 0.29) is 11.7 Å². The Balaban J connectivity index is 1.96. The van der Waals surface area contributed by atoms with Crippen LogP contribution in [0.15, 0.2) is 30.0 Å². The van der Waals surface area contributed by atoms with Crippen LogP contribution < -0.4 is 10.6 Å². The third kappa shape index (κ3) is 4.63. The number of nitrogens with zero attached hydrogens (tertiary/aromatic N) is 1. The molecule has 1 saturated heterocycles. The maximum absolute atomic E-state index is 11.9. The summed E-state index contributed by atoms with van der Waals surface area (Å²) in [6.07, 6.45) is 3.25. The molecule has 1 aliphatic heterocycles. The molecule has 0 radical (unpaired) electrons. The molecule has 0 aliphatic carbocycles. The standard InChI is InChI=1S/C15H15Cl2N3O2/c16-11-3-4-13(17)14(6-11)19-8-10(7-18)15(21)20-9-12-2-1-5-22-12/h3-4,6,8,12,19H,1-2,5,9H2,(H,20,21)/b10-8-. The Bertz CT molecular complexity index is 620. The molecule has 1 fully saturated rings. The highest BCUT2D eigenvalue weighted by Gasteiger charge is 2.17.